The molecule has 8 rings (SSSR count). The molecule has 56 heavy (non-hydrogen) atoms. The molecule has 4 heterocycles. The highest BCUT2D eigenvalue weighted by Gasteiger charge is 2.34. The van der Waals surface area contributed by atoms with Crippen LogP contribution in [0.15, 0.2) is 88.8 Å². The van der Waals surface area contributed by atoms with E-state index >= 15 is 0 Å². The van der Waals surface area contributed by atoms with E-state index in [0.717, 1.165) is 40.3 Å². The van der Waals surface area contributed by atoms with Crippen LogP contribution in [0, 0.1) is 0 Å². The molecule has 1 atom stereocenters. The lowest BCUT2D eigenvalue weighted by molar-refractivity contribution is -0.0234. The molecule has 2 aliphatic carbocycles. The van der Waals surface area contributed by atoms with Crippen LogP contribution in [0.3, 0.4) is 0 Å². The third kappa shape index (κ3) is 9.74. The molecule has 16 heteroatoms. The minimum absolute atomic E-state index is 0.00199. The van der Waals surface area contributed by atoms with E-state index in [9.17, 15) is 9.18 Å². The van der Waals surface area contributed by atoms with Crippen molar-refractivity contribution in [3.05, 3.63) is 99.4 Å². The Morgan fingerprint density at radius 3 is 1.88 bits per heavy atom. The largest absolute Gasteiger partial charge is 0.477 e. The minimum Gasteiger partial charge on any atom is -0.477 e. The molecule has 294 valence electrons. The molecule has 3 aromatic heterocycles. The number of halogens is 3. The Labute approximate surface area is 338 Å². The van der Waals surface area contributed by atoms with E-state index in [0.29, 0.717) is 67.9 Å². The van der Waals surface area contributed by atoms with Crippen LogP contribution in [0.1, 0.15) is 52.4 Å². The third-order valence-electron chi connectivity index (χ3n) is 9.40. The predicted molar refractivity (Wildman–Crippen MR) is 218 cm³/mol. The van der Waals surface area contributed by atoms with Crippen LogP contribution in [0.2, 0.25) is 5.02 Å². The number of rotatable bonds is 14. The molecule has 13 nitrogen and oxygen atoms in total. The van der Waals surface area contributed by atoms with Gasteiger partial charge < -0.3 is 29.3 Å². The molecule has 2 aromatic carbocycles. The summed E-state index contributed by atoms with van der Waals surface area (Å²) in [6.45, 7) is 5.56. The second-order valence-corrected chi connectivity index (χ2v) is 15.0. The van der Waals surface area contributed by atoms with Gasteiger partial charge in [0.1, 0.15) is 5.02 Å². The standard InChI is InChI=1S/C25H28ClFN6O3.C15H16BrN3O/c1-2-36-22-14-28-21(13-29-22)32(17-4-5-17)18-6-8-19(9-7-18)33-24(34)23(26)20(12-31-33)30-15-25(27)10-3-11-35-16-25;1-2-20-15-10-17-14(9-18-15)19(13-7-8-13)12-5-3-11(16)4-6-12/h6-9,12-14,17,30H,2-5,10-11,15-16H2,1H3;3-6,9-10,13H,2,7-8H2,1H3. The van der Waals surface area contributed by atoms with Crippen molar-refractivity contribution in [1.29, 1.82) is 0 Å². The Kier molecular flexibility index (Phi) is 12.6. The molecular weight excluding hydrogens is 805 g/mol. The van der Waals surface area contributed by atoms with Gasteiger partial charge in [-0.25, -0.2) is 24.3 Å². The van der Waals surface area contributed by atoms with Crippen LogP contribution in [0.4, 0.5) is 33.1 Å². The van der Waals surface area contributed by atoms with E-state index < -0.39 is 11.2 Å². The minimum atomic E-state index is -1.49. The number of nitrogens with zero attached hydrogens (tertiary/aromatic N) is 8. The van der Waals surface area contributed by atoms with Crippen molar-refractivity contribution in [1.82, 2.24) is 29.7 Å². The van der Waals surface area contributed by atoms with Crippen LogP contribution in [-0.2, 0) is 4.74 Å². The molecule has 5 aromatic rings. The van der Waals surface area contributed by atoms with Crippen molar-refractivity contribution in [2.24, 2.45) is 0 Å². The number of alkyl halides is 1. The molecular formula is C40H44BrClFN9O4. The zero-order valence-corrected chi connectivity index (χ0v) is 33.6. The summed E-state index contributed by atoms with van der Waals surface area (Å²) in [6.07, 6.45) is 13.8. The summed E-state index contributed by atoms with van der Waals surface area (Å²) in [5.74, 6) is 2.67. The van der Waals surface area contributed by atoms with Crippen LogP contribution in [-0.4, -0.2) is 80.4 Å². The first-order valence-corrected chi connectivity index (χ1v) is 20.0. The van der Waals surface area contributed by atoms with Gasteiger partial charge in [0.05, 0.1) is 68.7 Å². The first-order chi connectivity index (χ1) is 27.2. The summed E-state index contributed by atoms with van der Waals surface area (Å²) in [6, 6.07) is 16.6. The fourth-order valence-corrected chi connectivity index (χ4v) is 6.81. The van der Waals surface area contributed by atoms with Gasteiger partial charge in [0.15, 0.2) is 17.3 Å². The van der Waals surface area contributed by atoms with Crippen LogP contribution in [0.25, 0.3) is 5.69 Å². The summed E-state index contributed by atoms with van der Waals surface area (Å²) >= 11 is 9.80. The molecule has 3 aliphatic rings. The Morgan fingerprint density at radius 1 is 0.857 bits per heavy atom. The number of hydrogen-bond donors (Lipinski definition) is 1. The highest BCUT2D eigenvalue weighted by Crippen LogP contribution is 2.39. The maximum Gasteiger partial charge on any atom is 0.292 e. The van der Waals surface area contributed by atoms with Gasteiger partial charge in [0, 0.05) is 34.5 Å². The monoisotopic (exact) mass is 847 g/mol. The van der Waals surface area contributed by atoms with E-state index in [1.165, 1.54) is 23.7 Å². The molecule has 3 fully saturated rings. The van der Waals surface area contributed by atoms with Gasteiger partial charge in [0.25, 0.3) is 5.56 Å². The fraction of sp³-hybridized carbons (Fsp3) is 0.400. The van der Waals surface area contributed by atoms with Gasteiger partial charge in [-0.2, -0.15) is 9.78 Å². The fourth-order valence-electron chi connectivity index (χ4n) is 6.35. The Bertz CT molecular complexity index is 2100. The third-order valence-corrected chi connectivity index (χ3v) is 10.3. The Balaban J connectivity index is 0.000000202. The van der Waals surface area contributed by atoms with Crippen molar-refractivity contribution >= 4 is 56.2 Å². The van der Waals surface area contributed by atoms with Crippen molar-refractivity contribution in [2.75, 3.05) is 48.1 Å². The summed E-state index contributed by atoms with van der Waals surface area (Å²) in [4.78, 5) is 35.0. The maximum atomic E-state index is 14.8. The second-order valence-electron chi connectivity index (χ2n) is 13.7. The topological polar surface area (TPSA) is 133 Å². The van der Waals surface area contributed by atoms with Gasteiger partial charge >= 0.3 is 0 Å². The highest BCUT2D eigenvalue weighted by molar-refractivity contribution is 9.10. The Morgan fingerprint density at radius 2 is 1.41 bits per heavy atom. The van der Waals surface area contributed by atoms with E-state index in [1.807, 2.05) is 38.1 Å². The van der Waals surface area contributed by atoms with Gasteiger partial charge in [-0.3, -0.25) is 4.79 Å². The zero-order chi connectivity index (χ0) is 39.1. The summed E-state index contributed by atoms with van der Waals surface area (Å²) < 4.78 is 33.1. The number of anilines is 5. The number of benzene rings is 2. The predicted octanol–water partition coefficient (Wildman–Crippen LogP) is 8.24. The number of nitrogens with one attached hydrogen (secondary N) is 1. The van der Waals surface area contributed by atoms with Crippen LogP contribution >= 0.6 is 27.5 Å². The van der Waals surface area contributed by atoms with Gasteiger partial charge in [0.2, 0.25) is 11.8 Å². The quantitative estimate of drug-likeness (QED) is 0.115. The molecule has 0 radical (unpaired) electrons. The van der Waals surface area contributed by atoms with Crippen molar-refractivity contribution < 1.29 is 18.6 Å². The lowest BCUT2D eigenvalue weighted by atomic mass is 9.99. The van der Waals surface area contributed by atoms with E-state index in [4.69, 9.17) is 25.8 Å². The number of ether oxygens (including phenoxy) is 3. The second kappa shape index (κ2) is 17.9. The molecule has 1 aliphatic heterocycles. The maximum absolute atomic E-state index is 14.8. The highest BCUT2D eigenvalue weighted by atomic mass is 79.9. The molecule has 0 spiro atoms. The summed E-state index contributed by atoms with van der Waals surface area (Å²) in [7, 11) is 0. The van der Waals surface area contributed by atoms with E-state index in [1.54, 1.807) is 36.9 Å². The Hall–Kier alpha value is -4.86. The smallest absolute Gasteiger partial charge is 0.292 e. The van der Waals surface area contributed by atoms with Crippen molar-refractivity contribution in [2.45, 2.75) is 70.1 Å². The summed E-state index contributed by atoms with van der Waals surface area (Å²) in [5, 5.41) is 7.14. The van der Waals surface area contributed by atoms with Crippen LogP contribution in [0.5, 0.6) is 11.8 Å². The first kappa shape index (κ1) is 39.4. The van der Waals surface area contributed by atoms with Gasteiger partial charge in [-0.15, -0.1) is 0 Å². The molecule has 0 bridgehead atoms. The van der Waals surface area contributed by atoms with E-state index in [-0.39, 0.29) is 18.2 Å². The number of aromatic nitrogens is 6. The zero-order valence-electron chi connectivity index (χ0n) is 31.3. The average Bonchev–Trinajstić information content (AvgIpc) is 4.16. The average molecular weight is 849 g/mol. The molecule has 1 N–H and O–H groups in total. The first-order valence-electron chi connectivity index (χ1n) is 18.9. The van der Waals surface area contributed by atoms with Gasteiger partial charge in [-0.1, -0.05) is 27.5 Å². The van der Waals surface area contributed by atoms with E-state index in [2.05, 4.69) is 68.2 Å². The molecule has 1 saturated heterocycles. The molecule has 0 amide bonds. The summed E-state index contributed by atoms with van der Waals surface area (Å²) in [5.41, 5.74) is 0.959. The molecule has 1 unspecified atom stereocenters. The lowest BCUT2D eigenvalue weighted by Crippen LogP contribution is -2.40. The van der Waals surface area contributed by atoms with Crippen LogP contribution < -0.4 is 30.1 Å². The van der Waals surface area contributed by atoms with Gasteiger partial charge in [-0.05, 0) is 101 Å². The van der Waals surface area contributed by atoms with Crippen molar-refractivity contribution in [3.8, 4) is 17.4 Å². The SMILES string of the molecule is CCOc1cnc(N(c2ccc(-n3ncc(NCC4(F)CCCOC4)c(Cl)c3=O)cc2)C2CC2)cn1.CCOc1cnc(N(c2ccc(Br)cc2)C2CC2)cn1. The molecule has 2 saturated carbocycles. The normalized spacial score (nSPS) is 17.7. The van der Waals surface area contributed by atoms with Crippen molar-refractivity contribution in [3.63, 3.8) is 0 Å². The lowest BCUT2D eigenvalue weighted by Gasteiger charge is -2.29. The number of hydrogen-bond acceptors (Lipinski definition) is 12.